The molecule has 32 heavy (non-hydrogen) atoms. The molecule has 0 atom stereocenters. The lowest BCUT2D eigenvalue weighted by Crippen LogP contribution is -2.43. The van der Waals surface area contributed by atoms with E-state index in [4.69, 9.17) is 9.84 Å². The van der Waals surface area contributed by atoms with E-state index in [2.05, 4.69) is 42.4 Å². The molecule has 4 rings (SSSR count). The monoisotopic (exact) mass is 444 g/mol. The highest BCUT2D eigenvalue weighted by molar-refractivity contribution is 6.88. The van der Waals surface area contributed by atoms with Crippen LogP contribution in [0.4, 0.5) is 0 Å². The Morgan fingerprint density at radius 3 is 2.41 bits per heavy atom. The number of carbonyl (C=O) groups is 1. The second-order valence-corrected chi connectivity index (χ2v) is 14.2. The molecule has 1 N–H and O–H groups in total. The Labute approximate surface area is 189 Å². The molecule has 2 heterocycles. The van der Waals surface area contributed by atoms with Crippen molar-refractivity contribution in [1.29, 1.82) is 0 Å². The number of aromatic nitrogens is 2. The molecule has 0 aliphatic carbocycles. The average molecular weight is 445 g/mol. The predicted octanol–water partition coefficient (Wildman–Crippen LogP) is 5.15. The Morgan fingerprint density at radius 2 is 1.78 bits per heavy atom. The van der Waals surface area contributed by atoms with Gasteiger partial charge in [-0.15, -0.1) is 0 Å². The third kappa shape index (κ3) is 4.06. The maximum Gasteiger partial charge on any atom is 0.335 e. The average Bonchev–Trinajstić information content (AvgIpc) is 3.10. The molecule has 2 aromatic carbocycles. The van der Waals surface area contributed by atoms with Gasteiger partial charge >= 0.3 is 5.97 Å². The number of carboxylic acid groups (broad SMARTS) is 1. The molecule has 0 unspecified atom stereocenters. The van der Waals surface area contributed by atoms with Gasteiger partial charge in [0.2, 0.25) is 0 Å². The van der Waals surface area contributed by atoms with Gasteiger partial charge in [0.05, 0.1) is 29.2 Å². The van der Waals surface area contributed by atoms with E-state index in [1.165, 1.54) is 0 Å². The summed E-state index contributed by atoms with van der Waals surface area (Å²) in [5.74, 6) is -0.0575. The fraction of sp³-hybridized carbons (Fsp3) is 0.231. The molecule has 5 nitrogen and oxygen atoms in total. The van der Waals surface area contributed by atoms with Gasteiger partial charge in [0.1, 0.15) is 13.8 Å². The summed E-state index contributed by atoms with van der Waals surface area (Å²) in [5, 5.41) is 15.7. The largest absolute Gasteiger partial charge is 0.495 e. The van der Waals surface area contributed by atoms with Crippen LogP contribution >= 0.6 is 0 Å². The van der Waals surface area contributed by atoms with Gasteiger partial charge in [-0.25, -0.2) is 9.31 Å². The highest BCUT2D eigenvalue weighted by Crippen LogP contribution is 2.30. The van der Waals surface area contributed by atoms with Crippen LogP contribution in [0, 0.1) is 6.92 Å². The van der Waals surface area contributed by atoms with E-state index in [0.29, 0.717) is 12.0 Å². The summed E-state index contributed by atoms with van der Waals surface area (Å²) < 4.78 is 7.77. The second kappa shape index (κ2) is 8.28. The molecule has 0 aliphatic heterocycles. The number of rotatable bonds is 6. The summed E-state index contributed by atoms with van der Waals surface area (Å²) in [6.07, 6.45) is 0.590. The van der Waals surface area contributed by atoms with Gasteiger partial charge in [0.15, 0.2) is 0 Å². The van der Waals surface area contributed by atoms with Crippen LogP contribution in [-0.4, -0.2) is 35.9 Å². The van der Waals surface area contributed by atoms with Gasteiger partial charge in [0.25, 0.3) is 0 Å². The minimum absolute atomic E-state index is 0.308. The number of aromatic carboxylic acids is 1. The Morgan fingerprint density at radius 1 is 1.06 bits per heavy atom. The lowest BCUT2D eigenvalue weighted by molar-refractivity contribution is 0.0696. The first-order chi connectivity index (χ1) is 15.2. The molecular formula is C26H28N2O3Si. The highest BCUT2D eigenvalue weighted by atomic mass is 28.3. The number of carboxylic acids is 1. The molecule has 4 aromatic rings. The zero-order valence-electron chi connectivity index (χ0n) is 19.1. The van der Waals surface area contributed by atoms with Crippen molar-refractivity contribution in [3.05, 3.63) is 82.9 Å². The molecule has 6 heteroatoms. The molecule has 0 spiro atoms. The summed E-state index contributed by atoms with van der Waals surface area (Å²) in [7, 11) is -0.0990. The van der Waals surface area contributed by atoms with Crippen LogP contribution in [0.15, 0.2) is 60.7 Å². The van der Waals surface area contributed by atoms with E-state index in [0.717, 1.165) is 44.5 Å². The van der Waals surface area contributed by atoms with Crippen molar-refractivity contribution in [3.63, 3.8) is 0 Å². The third-order valence-corrected chi connectivity index (χ3v) is 7.48. The number of hydrogen-bond donors (Lipinski definition) is 1. The van der Waals surface area contributed by atoms with Crippen LogP contribution in [0.2, 0.25) is 19.6 Å². The molecule has 0 aliphatic rings. The standard InChI is InChI=1S/C26H28N2O3Si/c1-17-13-18(15-20(14-17)26(29)30)16-21-22-11-12-23(31-2)25(32(3,4)5)28(22)27-24(21)19-9-7-6-8-10-19/h6-15H,16H2,1-5H3,(H,29,30). The van der Waals surface area contributed by atoms with Crippen molar-refractivity contribution >= 4 is 24.9 Å². The first kappa shape index (κ1) is 21.8. The summed E-state index contributed by atoms with van der Waals surface area (Å²) in [6, 6.07) is 19.8. The molecule has 0 saturated carbocycles. The molecule has 0 bridgehead atoms. The van der Waals surface area contributed by atoms with Crippen LogP contribution in [0.25, 0.3) is 16.8 Å². The maximum absolute atomic E-state index is 11.6. The quantitative estimate of drug-likeness (QED) is 0.418. The van der Waals surface area contributed by atoms with Gasteiger partial charge in [-0.05, 0) is 42.3 Å². The summed E-state index contributed by atoms with van der Waals surface area (Å²) in [4.78, 5) is 11.6. The lowest BCUT2D eigenvalue weighted by atomic mass is 9.97. The minimum atomic E-state index is -1.80. The van der Waals surface area contributed by atoms with E-state index in [1.54, 1.807) is 19.2 Å². The molecule has 2 aromatic heterocycles. The maximum atomic E-state index is 11.6. The molecule has 0 fully saturated rings. The molecule has 0 saturated heterocycles. The predicted molar refractivity (Wildman–Crippen MR) is 131 cm³/mol. The molecular weight excluding hydrogens is 416 g/mol. The van der Waals surface area contributed by atoms with Crippen molar-refractivity contribution in [2.75, 3.05) is 7.11 Å². The number of pyridine rings is 1. The smallest absolute Gasteiger partial charge is 0.335 e. The van der Waals surface area contributed by atoms with Crippen molar-refractivity contribution in [2.24, 2.45) is 0 Å². The van der Waals surface area contributed by atoms with E-state index in [9.17, 15) is 9.90 Å². The summed E-state index contributed by atoms with van der Waals surface area (Å²) >= 11 is 0. The van der Waals surface area contributed by atoms with E-state index in [-0.39, 0.29) is 0 Å². The van der Waals surface area contributed by atoms with Crippen molar-refractivity contribution in [1.82, 2.24) is 9.61 Å². The van der Waals surface area contributed by atoms with Crippen LogP contribution in [-0.2, 0) is 6.42 Å². The first-order valence-electron chi connectivity index (χ1n) is 10.7. The van der Waals surface area contributed by atoms with Crippen LogP contribution in [0.3, 0.4) is 0 Å². The number of ether oxygens (including phenoxy) is 1. The number of benzene rings is 2. The topological polar surface area (TPSA) is 63.8 Å². The third-order valence-electron chi connectivity index (χ3n) is 5.60. The number of hydrogen-bond acceptors (Lipinski definition) is 3. The van der Waals surface area contributed by atoms with Crippen molar-refractivity contribution < 1.29 is 14.6 Å². The molecule has 0 radical (unpaired) electrons. The second-order valence-electron chi connectivity index (χ2n) is 9.18. The number of aryl methyl sites for hydroxylation is 1. The van der Waals surface area contributed by atoms with Crippen molar-refractivity contribution in [2.45, 2.75) is 33.0 Å². The van der Waals surface area contributed by atoms with E-state index < -0.39 is 14.0 Å². The van der Waals surface area contributed by atoms with E-state index in [1.807, 2.05) is 37.3 Å². The fourth-order valence-electron chi connectivity index (χ4n) is 4.29. The highest BCUT2D eigenvalue weighted by Gasteiger charge is 2.28. The Balaban J connectivity index is 2.00. The summed E-state index contributed by atoms with van der Waals surface area (Å²) in [6.45, 7) is 8.78. The van der Waals surface area contributed by atoms with Crippen molar-refractivity contribution in [3.8, 4) is 17.0 Å². The SMILES string of the molecule is COc1ccc2c(Cc3cc(C)cc(C(=O)O)c3)c(-c3ccccc3)nn2c1[Si](C)(C)C. The van der Waals surface area contributed by atoms with Gasteiger partial charge in [-0.2, -0.15) is 5.10 Å². The van der Waals surface area contributed by atoms with Gasteiger partial charge < -0.3 is 9.84 Å². The Kier molecular flexibility index (Phi) is 5.65. The van der Waals surface area contributed by atoms with Gasteiger partial charge in [0, 0.05) is 17.5 Å². The normalized spacial score (nSPS) is 11.7. The van der Waals surface area contributed by atoms with Crippen LogP contribution < -0.4 is 10.1 Å². The number of methoxy groups -OCH3 is 1. The zero-order valence-corrected chi connectivity index (χ0v) is 20.1. The van der Waals surface area contributed by atoms with Gasteiger partial charge in [-0.1, -0.05) is 56.0 Å². The first-order valence-corrected chi connectivity index (χ1v) is 14.2. The molecule has 0 amide bonds. The Hall–Kier alpha value is -3.38. The van der Waals surface area contributed by atoms with E-state index >= 15 is 0 Å². The minimum Gasteiger partial charge on any atom is -0.495 e. The molecule has 164 valence electrons. The van der Waals surface area contributed by atoms with Crippen LogP contribution in [0.1, 0.15) is 27.0 Å². The zero-order chi connectivity index (χ0) is 23.0. The fourth-order valence-corrected chi connectivity index (χ4v) is 6.02. The number of nitrogens with zero attached hydrogens (tertiary/aromatic N) is 2. The van der Waals surface area contributed by atoms with Gasteiger partial charge in [-0.3, -0.25) is 0 Å². The summed E-state index contributed by atoms with van der Waals surface area (Å²) in [5.41, 5.74) is 6.26. The van der Waals surface area contributed by atoms with Crippen LogP contribution in [0.5, 0.6) is 5.75 Å². The Bertz CT molecular complexity index is 1300. The number of fused-ring (bicyclic) bond motifs is 1. The lowest BCUT2D eigenvalue weighted by Gasteiger charge is -2.21.